The van der Waals surface area contributed by atoms with E-state index in [1.807, 2.05) is 0 Å². The summed E-state index contributed by atoms with van der Waals surface area (Å²) in [6, 6.07) is 0. The van der Waals surface area contributed by atoms with Crippen LogP contribution in [0.15, 0.2) is 0 Å². The molecule has 0 amide bonds. The van der Waals surface area contributed by atoms with Gasteiger partial charge in [0, 0.05) is 0 Å². The lowest BCUT2D eigenvalue weighted by atomic mass is 9.70. The summed E-state index contributed by atoms with van der Waals surface area (Å²) >= 11 is 0. The van der Waals surface area contributed by atoms with E-state index in [2.05, 4.69) is 0 Å². The molecule has 0 saturated heterocycles. The van der Waals surface area contributed by atoms with E-state index in [1.54, 1.807) is 0 Å². The third kappa shape index (κ3) is 0.618. The summed E-state index contributed by atoms with van der Waals surface area (Å²) in [6.07, 6.45) is 7.77. The molecule has 0 aromatic carbocycles. The van der Waals surface area contributed by atoms with Crippen LogP contribution in [0.3, 0.4) is 0 Å². The maximum Gasteiger partial charge on any atom is 0.0706 e. The molecule has 0 aliphatic heterocycles. The fourth-order valence-electron chi connectivity index (χ4n) is 3.77. The zero-order chi connectivity index (χ0) is 7.47. The lowest BCUT2D eigenvalue weighted by Crippen LogP contribution is -2.40. The molecule has 0 aromatic rings. The molecular weight excluding hydrogens is 136 g/mol. The zero-order valence-electron chi connectivity index (χ0n) is 6.92. The topological polar surface area (TPSA) is 20.2 Å². The van der Waals surface area contributed by atoms with E-state index >= 15 is 0 Å². The number of hydrogen-bond acceptors (Lipinski definition) is 1. The molecule has 1 heteroatoms. The maximum absolute atomic E-state index is 10.3. The highest BCUT2D eigenvalue weighted by Gasteiger charge is 2.58. The number of fused-ring (bicyclic) bond motifs is 3. The van der Waals surface area contributed by atoms with Gasteiger partial charge < -0.3 is 5.11 Å². The van der Waals surface area contributed by atoms with Crippen LogP contribution in [0.25, 0.3) is 0 Å². The van der Waals surface area contributed by atoms with Crippen molar-refractivity contribution in [3.63, 3.8) is 0 Å². The highest BCUT2D eigenvalue weighted by atomic mass is 16.3. The fraction of sp³-hybridized carbons (Fsp3) is 1.00. The predicted molar refractivity (Wildman–Crippen MR) is 43.1 cm³/mol. The van der Waals surface area contributed by atoms with Crippen LogP contribution in [0.5, 0.6) is 0 Å². The molecule has 3 aliphatic carbocycles. The van der Waals surface area contributed by atoms with Crippen molar-refractivity contribution >= 4 is 0 Å². The Kier molecular flexibility index (Phi) is 1.07. The molecular formula is C10H16O. The van der Waals surface area contributed by atoms with Gasteiger partial charge in [-0.05, 0) is 49.9 Å². The monoisotopic (exact) mass is 152 g/mol. The smallest absolute Gasteiger partial charge is 0.0706 e. The van der Waals surface area contributed by atoms with E-state index in [0.717, 1.165) is 18.3 Å². The van der Waals surface area contributed by atoms with Crippen molar-refractivity contribution in [3.8, 4) is 0 Å². The first-order chi connectivity index (χ1) is 5.31. The van der Waals surface area contributed by atoms with Crippen LogP contribution < -0.4 is 0 Å². The van der Waals surface area contributed by atoms with E-state index < -0.39 is 0 Å². The van der Waals surface area contributed by atoms with E-state index in [1.165, 1.54) is 32.1 Å². The van der Waals surface area contributed by atoms with Gasteiger partial charge in [0.25, 0.3) is 0 Å². The van der Waals surface area contributed by atoms with Crippen LogP contribution in [0.2, 0.25) is 0 Å². The van der Waals surface area contributed by atoms with Gasteiger partial charge in [-0.2, -0.15) is 0 Å². The molecule has 0 aromatic heterocycles. The molecule has 3 fully saturated rings. The van der Waals surface area contributed by atoms with Crippen molar-refractivity contribution in [1.82, 2.24) is 0 Å². The Balaban J connectivity index is 1.94. The summed E-state index contributed by atoms with van der Waals surface area (Å²) < 4.78 is 0. The summed E-state index contributed by atoms with van der Waals surface area (Å²) in [7, 11) is 0. The third-order valence-electron chi connectivity index (χ3n) is 4.48. The SMILES string of the molecule is O[C@]12CCC[C@@H]1C[C@@H]1CC[C@@H]12. The van der Waals surface area contributed by atoms with Crippen molar-refractivity contribution < 1.29 is 5.11 Å². The minimum Gasteiger partial charge on any atom is -0.389 e. The summed E-state index contributed by atoms with van der Waals surface area (Å²) in [4.78, 5) is 0. The fourth-order valence-corrected chi connectivity index (χ4v) is 3.77. The van der Waals surface area contributed by atoms with Gasteiger partial charge in [-0.25, -0.2) is 0 Å². The molecule has 0 bridgehead atoms. The van der Waals surface area contributed by atoms with Crippen LogP contribution in [-0.2, 0) is 0 Å². The molecule has 4 atom stereocenters. The summed E-state index contributed by atoms with van der Waals surface area (Å²) in [5.74, 6) is 2.33. The minimum absolute atomic E-state index is 0.178. The highest BCUT2D eigenvalue weighted by Crippen LogP contribution is 2.61. The predicted octanol–water partition coefficient (Wildman–Crippen LogP) is 1.95. The molecule has 3 aliphatic rings. The first kappa shape index (κ1) is 6.47. The molecule has 1 N–H and O–H groups in total. The van der Waals surface area contributed by atoms with Gasteiger partial charge in [-0.3, -0.25) is 0 Å². The van der Waals surface area contributed by atoms with E-state index in [-0.39, 0.29) is 5.60 Å². The van der Waals surface area contributed by atoms with Crippen LogP contribution in [-0.4, -0.2) is 10.7 Å². The Labute approximate surface area is 67.8 Å². The molecule has 0 radical (unpaired) electrons. The normalized spacial score (nSPS) is 60.3. The molecule has 3 saturated carbocycles. The molecule has 11 heavy (non-hydrogen) atoms. The molecule has 0 heterocycles. The van der Waals surface area contributed by atoms with Crippen molar-refractivity contribution in [1.29, 1.82) is 0 Å². The Morgan fingerprint density at radius 1 is 1.18 bits per heavy atom. The van der Waals surface area contributed by atoms with Crippen LogP contribution in [0, 0.1) is 17.8 Å². The Morgan fingerprint density at radius 3 is 2.82 bits per heavy atom. The molecule has 62 valence electrons. The molecule has 0 spiro atoms. The van der Waals surface area contributed by atoms with Crippen molar-refractivity contribution in [2.45, 2.75) is 44.1 Å². The van der Waals surface area contributed by atoms with Crippen molar-refractivity contribution in [2.75, 3.05) is 0 Å². The third-order valence-corrected chi connectivity index (χ3v) is 4.48. The number of aliphatic hydroxyl groups is 1. The first-order valence-electron chi connectivity index (χ1n) is 5.03. The van der Waals surface area contributed by atoms with Gasteiger partial charge in [-0.1, -0.05) is 6.42 Å². The van der Waals surface area contributed by atoms with Gasteiger partial charge >= 0.3 is 0 Å². The molecule has 3 rings (SSSR count). The van der Waals surface area contributed by atoms with Gasteiger partial charge in [-0.15, -0.1) is 0 Å². The van der Waals surface area contributed by atoms with Crippen LogP contribution in [0.4, 0.5) is 0 Å². The largest absolute Gasteiger partial charge is 0.389 e. The van der Waals surface area contributed by atoms with Gasteiger partial charge in [0.15, 0.2) is 0 Å². The van der Waals surface area contributed by atoms with E-state index in [4.69, 9.17) is 0 Å². The van der Waals surface area contributed by atoms with E-state index in [9.17, 15) is 5.11 Å². The lowest BCUT2D eigenvalue weighted by Gasteiger charge is -2.39. The van der Waals surface area contributed by atoms with Gasteiger partial charge in [0.05, 0.1) is 5.60 Å². The van der Waals surface area contributed by atoms with Crippen LogP contribution >= 0.6 is 0 Å². The van der Waals surface area contributed by atoms with Crippen molar-refractivity contribution in [2.24, 2.45) is 17.8 Å². The van der Waals surface area contributed by atoms with Gasteiger partial charge in [0.1, 0.15) is 0 Å². The standard InChI is InChI=1S/C10H16O/c11-10-5-1-2-8(10)6-7-3-4-9(7)10/h7-9,11H,1-6H2/t7-,8+,9-,10+/m0/s1. The second kappa shape index (κ2) is 1.82. The van der Waals surface area contributed by atoms with Crippen LogP contribution in [0.1, 0.15) is 38.5 Å². The Bertz CT molecular complexity index is 185. The average Bonchev–Trinajstić information content (AvgIpc) is 2.30. The maximum atomic E-state index is 10.3. The average molecular weight is 152 g/mol. The minimum atomic E-state index is -0.178. The van der Waals surface area contributed by atoms with E-state index in [0.29, 0.717) is 5.92 Å². The molecule has 1 nitrogen and oxygen atoms in total. The summed E-state index contributed by atoms with van der Waals surface area (Å²) in [5.41, 5.74) is -0.178. The van der Waals surface area contributed by atoms with Crippen molar-refractivity contribution in [3.05, 3.63) is 0 Å². The quantitative estimate of drug-likeness (QED) is 0.562. The Morgan fingerprint density at radius 2 is 2.09 bits per heavy atom. The Hall–Kier alpha value is -0.0400. The number of hydrogen-bond donors (Lipinski definition) is 1. The number of rotatable bonds is 0. The second-order valence-corrected chi connectivity index (χ2v) is 4.76. The zero-order valence-corrected chi connectivity index (χ0v) is 6.92. The summed E-state index contributed by atoms with van der Waals surface area (Å²) in [6.45, 7) is 0. The summed E-state index contributed by atoms with van der Waals surface area (Å²) in [5, 5.41) is 10.3. The lowest BCUT2D eigenvalue weighted by molar-refractivity contribution is -0.0514. The second-order valence-electron chi connectivity index (χ2n) is 4.76. The first-order valence-corrected chi connectivity index (χ1v) is 5.03. The highest BCUT2D eigenvalue weighted by molar-refractivity contribution is 5.09. The molecule has 0 unspecified atom stereocenters. The van der Waals surface area contributed by atoms with Gasteiger partial charge in [0.2, 0.25) is 0 Å².